The molecule has 0 N–H and O–H groups in total. The molecule has 1 amide bonds. The average molecular weight is 401 g/mol. The number of esters is 1. The van der Waals surface area contributed by atoms with Crippen LogP contribution in [0.5, 0.6) is 0 Å². The molecule has 0 radical (unpaired) electrons. The minimum absolute atomic E-state index is 0.0511. The Morgan fingerprint density at radius 2 is 2.00 bits per heavy atom. The van der Waals surface area contributed by atoms with Gasteiger partial charge in [-0.25, -0.2) is 0 Å². The van der Waals surface area contributed by atoms with Gasteiger partial charge >= 0.3 is 5.97 Å². The number of ether oxygens (including phenoxy) is 1. The van der Waals surface area contributed by atoms with Crippen LogP contribution in [0.25, 0.3) is 0 Å². The monoisotopic (exact) mass is 401 g/mol. The summed E-state index contributed by atoms with van der Waals surface area (Å²) in [6.45, 7) is 5.50. The van der Waals surface area contributed by atoms with Gasteiger partial charge in [0.25, 0.3) is 5.91 Å². The average Bonchev–Trinajstić information content (AvgIpc) is 2.50. The highest BCUT2D eigenvalue weighted by atomic mass is 127. The number of piperidine rings is 1. The van der Waals surface area contributed by atoms with E-state index in [0.29, 0.717) is 32.5 Å². The smallest absolute Gasteiger partial charge is 0.309 e. The topological polar surface area (TPSA) is 46.6 Å². The molecule has 1 aromatic carbocycles. The SMILES string of the molecule is CCOC(=O)C1CCN(C(=O)c2ccc(C)c(I)c2)CC1. The van der Waals surface area contributed by atoms with Crippen molar-refractivity contribution in [3.05, 3.63) is 32.9 Å². The van der Waals surface area contributed by atoms with E-state index in [4.69, 9.17) is 4.74 Å². The molecule has 1 aliphatic rings. The summed E-state index contributed by atoms with van der Waals surface area (Å²) < 4.78 is 6.14. The van der Waals surface area contributed by atoms with Crippen LogP contribution in [-0.4, -0.2) is 36.5 Å². The van der Waals surface area contributed by atoms with Crippen LogP contribution in [0.3, 0.4) is 0 Å². The van der Waals surface area contributed by atoms with Crippen molar-refractivity contribution in [1.29, 1.82) is 0 Å². The van der Waals surface area contributed by atoms with E-state index in [9.17, 15) is 9.59 Å². The van der Waals surface area contributed by atoms with Crippen LogP contribution in [0, 0.1) is 16.4 Å². The van der Waals surface area contributed by atoms with Crippen molar-refractivity contribution in [2.45, 2.75) is 26.7 Å². The van der Waals surface area contributed by atoms with Gasteiger partial charge in [-0.15, -0.1) is 0 Å². The van der Waals surface area contributed by atoms with Gasteiger partial charge in [-0.05, 0) is 67.0 Å². The molecular formula is C16H20INO3. The summed E-state index contributed by atoms with van der Waals surface area (Å²) in [4.78, 5) is 26.0. The first-order valence-corrected chi connectivity index (χ1v) is 8.33. The third-order valence-electron chi connectivity index (χ3n) is 3.82. The lowest BCUT2D eigenvalue weighted by atomic mass is 9.96. The molecule has 21 heavy (non-hydrogen) atoms. The predicted molar refractivity (Wildman–Crippen MR) is 89.2 cm³/mol. The van der Waals surface area contributed by atoms with Gasteiger partial charge in [0.15, 0.2) is 0 Å². The Bertz CT molecular complexity index is 536. The molecule has 114 valence electrons. The standard InChI is InChI=1S/C16H20INO3/c1-3-21-16(20)12-6-8-18(9-7-12)15(19)13-5-4-11(2)14(17)10-13/h4-5,10,12H,3,6-9H2,1-2H3. The van der Waals surface area contributed by atoms with Gasteiger partial charge in [0.2, 0.25) is 0 Å². The number of nitrogens with zero attached hydrogens (tertiary/aromatic N) is 1. The maximum absolute atomic E-state index is 12.5. The molecule has 0 atom stereocenters. The fraction of sp³-hybridized carbons (Fsp3) is 0.500. The van der Waals surface area contributed by atoms with E-state index < -0.39 is 0 Å². The zero-order valence-electron chi connectivity index (χ0n) is 12.4. The van der Waals surface area contributed by atoms with Gasteiger partial charge in [0, 0.05) is 22.2 Å². The van der Waals surface area contributed by atoms with Crippen LogP contribution < -0.4 is 0 Å². The number of likely N-dealkylation sites (tertiary alicyclic amines) is 1. The Morgan fingerprint density at radius 1 is 1.33 bits per heavy atom. The third-order valence-corrected chi connectivity index (χ3v) is 4.98. The van der Waals surface area contributed by atoms with E-state index in [1.807, 2.05) is 36.9 Å². The minimum atomic E-state index is -0.130. The van der Waals surface area contributed by atoms with E-state index in [-0.39, 0.29) is 17.8 Å². The van der Waals surface area contributed by atoms with Crippen molar-refractivity contribution in [1.82, 2.24) is 4.90 Å². The number of carbonyl (C=O) groups is 2. The summed E-state index contributed by atoms with van der Waals surface area (Å²) >= 11 is 2.24. The first-order chi connectivity index (χ1) is 10.0. The quantitative estimate of drug-likeness (QED) is 0.578. The van der Waals surface area contributed by atoms with Crippen LogP contribution >= 0.6 is 22.6 Å². The normalized spacial score (nSPS) is 15.9. The van der Waals surface area contributed by atoms with E-state index in [2.05, 4.69) is 22.6 Å². The highest BCUT2D eigenvalue weighted by molar-refractivity contribution is 14.1. The van der Waals surface area contributed by atoms with E-state index >= 15 is 0 Å². The first kappa shape index (κ1) is 16.3. The predicted octanol–water partition coefficient (Wildman–Crippen LogP) is 3.01. The van der Waals surface area contributed by atoms with Crippen molar-refractivity contribution in [2.75, 3.05) is 19.7 Å². The molecule has 0 saturated carbocycles. The molecule has 1 aliphatic heterocycles. The number of rotatable bonds is 3. The van der Waals surface area contributed by atoms with Crippen molar-refractivity contribution in [2.24, 2.45) is 5.92 Å². The molecule has 0 bridgehead atoms. The zero-order valence-corrected chi connectivity index (χ0v) is 14.6. The zero-order chi connectivity index (χ0) is 15.4. The lowest BCUT2D eigenvalue weighted by Crippen LogP contribution is -2.40. The third kappa shape index (κ3) is 3.96. The fourth-order valence-corrected chi connectivity index (χ4v) is 3.00. The fourth-order valence-electron chi connectivity index (χ4n) is 2.49. The summed E-state index contributed by atoms with van der Waals surface area (Å²) in [6, 6.07) is 5.77. The Kier molecular flexibility index (Phi) is 5.61. The second-order valence-electron chi connectivity index (χ2n) is 5.28. The van der Waals surface area contributed by atoms with E-state index in [1.165, 1.54) is 5.56 Å². The molecule has 0 aromatic heterocycles. The van der Waals surface area contributed by atoms with Gasteiger partial charge < -0.3 is 9.64 Å². The lowest BCUT2D eigenvalue weighted by molar-refractivity contribution is -0.149. The van der Waals surface area contributed by atoms with Gasteiger partial charge in [0.05, 0.1) is 12.5 Å². The van der Waals surface area contributed by atoms with Gasteiger partial charge in [-0.1, -0.05) is 6.07 Å². The molecule has 1 heterocycles. The molecule has 0 spiro atoms. The van der Waals surface area contributed by atoms with E-state index in [0.717, 1.165) is 9.13 Å². The summed E-state index contributed by atoms with van der Waals surface area (Å²) in [6.07, 6.45) is 1.38. The molecular weight excluding hydrogens is 381 g/mol. The Morgan fingerprint density at radius 3 is 2.57 bits per heavy atom. The molecule has 1 saturated heterocycles. The minimum Gasteiger partial charge on any atom is -0.466 e. The molecule has 0 aliphatic carbocycles. The molecule has 1 aromatic rings. The van der Waals surface area contributed by atoms with Gasteiger partial charge in [0.1, 0.15) is 0 Å². The number of amides is 1. The van der Waals surface area contributed by atoms with Crippen LogP contribution in [-0.2, 0) is 9.53 Å². The Hall–Kier alpha value is -1.11. The highest BCUT2D eigenvalue weighted by Gasteiger charge is 2.28. The van der Waals surface area contributed by atoms with E-state index in [1.54, 1.807) is 0 Å². The molecule has 4 nitrogen and oxygen atoms in total. The number of benzene rings is 1. The summed E-state index contributed by atoms with van der Waals surface area (Å²) in [7, 11) is 0. The number of aryl methyl sites for hydroxylation is 1. The van der Waals surface area contributed by atoms with Crippen LogP contribution in [0.1, 0.15) is 35.7 Å². The summed E-state index contributed by atoms with van der Waals surface area (Å²) in [5.41, 5.74) is 1.90. The number of hydrogen-bond acceptors (Lipinski definition) is 3. The van der Waals surface area contributed by atoms with Crippen LogP contribution in [0.4, 0.5) is 0 Å². The number of halogens is 1. The van der Waals surface area contributed by atoms with Crippen molar-refractivity contribution < 1.29 is 14.3 Å². The van der Waals surface area contributed by atoms with Gasteiger partial charge in [-0.3, -0.25) is 9.59 Å². The van der Waals surface area contributed by atoms with Crippen molar-refractivity contribution in [3.63, 3.8) is 0 Å². The number of carbonyl (C=O) groups excluding carboxylic acids is 2. The lowest BCUT2D eigenvalue weighted by Gasteiger charge is -2.31. The molecule has 5 heteroatoms. The second-order valence-corrected chi connectivity index (χ2v) is 6.44. The van der Waals surface area contributed by atoms with Crippen molar-refractivity contribution in [3.8, 4) is 0 Å². The maximum Gasteiger partial charge on any atom is 0.309 e. The number of hydrogen-bond donors (Lipinski definition) is 0. The van der Waals surface area contributed by atoms with Crippen molar-refractivity contribution >= 4 is 34.5 Å². The summed E-state index contributed by atoms with van der Waals surface area (Å²) in [5.74, 6) is -0.142. The second kappa shape index (κ2) is 7.24. The molecule has 0 unspecified atom stereocenters. The first-order valence-electron chi connectivity index (χ1n) is 7.25. The molecule has 2 rings (SSSR count). The highest BCUT2D eigenvalue weighted by Crippen LogP contribution is 2.21. The van der Waals surface area contributed by atoms with Crippen LogP contribution in [0.15, 0.2) is 18.2 Å². The largest absolute Gasteiger partial charge is 0.466 e. The Labute approximate surface area is 139 Å². The maximum atomic E-state index is 12.5. The van der Waals surface area contributed by atoms with Crippen LogP contribution in [0.2, 0.25) is 0 Å². The summed E-state index contributed by atoms with van der Waals surface area (Å²) in [5, 5.41) is 0. The Balaban J connectivity index is 1.97. The van der Waals surface area contributed by atoms with Gasteiger partial charge in [-0.2, -0.15) is 0 Å². The molecule has 1 fully saturated rings.